The predicted octanol–water partition coefficient (Wildman–Crippen LogP) is 1.61. The number of hydrogen-bond acceptors (Lipinski definition) is 8. The molecule has 1 aromatic rings. The molecule has 0 spiro atoms. The van der Waals surface area contributed by atoms with Crippen LogP contribution in [0, 0.1) is 19.3 Å². The van der Waals surface area contributed by atoms with Gasteiger partial charge in [0.2, 0.25) is 4.91 Å². The van der Waals surface area contributed by atoms with Crippen molar-refractivity contribution in [3.05, 3.63) is 56.8 Å². The van der Waals surface area contributed by atoms with Crippen LogP contribution in [0.5, 0.6) is 0 Å². The maximum absolute atomic E-state index is 12.4. The van der Waals surface area contributed by atoms with Crippen molar-refractivity contribution in [1.82, 2.24) is 20.7 Å². The van der Waals surface area contributed by atoms with E-state index in [1.807, 2.05) is 12.1 Å². The maximum atomic E-state index is 12.4. The Morgan fingerprint density at radius 1 is 1.38 bits per heavy atom. The van der Waals surface area contributed by atoms with Gasteiger partial charge in [-0.3, -0.25) is 0 Å². The summed E-state index contributed by atoms with van der Waals surface area (Å²) in [7, 11) is 1.61. The van der Waals surface area contributed by atoms with Gasteiger partial charge < -0.3 is 31.6 Å². The number of aliphatic imine (C=N–C) groups is 1. The third-order valence-electron chi connectivity index (χ3n) is 4.46. The van der Waals surface area contributed by atoms with Crippen molar-refractivity contribution in [1.29, 1.82) is 5.41 Å². The first kappa shape index (κ1) is 23.1. The van der Waals surface area contributed by atoms with Gasteiger partial charge in [0.15, 0.2) is 11.1 Å². The van der Waals surface area contributed by atoms with E-state index in [0.717, 1.165) is 5.56 Å². The van der Waals surface area contributed by atoms with Gasteiger partial charge >= 0.3 is 0 Å². The molecule has 0 fully saturated rings. The molecule has 1 aliphatic heterocycles. The Kier molecular flexibility index (Phi) is 8.39. The molecule has 0 aliphatic carbocycles. The highest BCUT2D eigenvalue weighted by Gasteiger charge is 2.22. The molecule has 0 saturated carbocycles. The summed E-state index contributed by atoms with van der Waals surface area (Å²) in [5.41, 5.74) is 9.65. The van der Waals surface area contributed by atoms with Gasteiger partial charge in [-0.2, -0.15) is 4.99 Å². The molecule has 0 amide bonds. The van der Waals surface area contributed by atoms with Crippen LogP contribution in [-0.4, -0.2) is 36.4 Å². The molecule has 158 valence electrons. The Balaban J connectivity index is 1.98. The van der Waals surface area contributed by atoms with E-state index >= 15 is 0 Å². The minimum atomic E-state index is -1.60. The van der Waals surface area contributed by atoms with Crippen molar-refractivity contribution in [3.63, 3.8) is 0 Å². The van der Waals surface area contributed by atoms with Gasteiger partial charge in [0.25, 0.3) is 0 Å². The van der Waals surface area contributed by atoms with Gasteiger partial charge in [0.1, 0.15) is 5.82 Å². The Bertz CT molecular complexity index is 853. The molecule has 8 nitrogen and oxygen atoms in total. The van der Waals surface area contributed by atoms with Gasteiger partial charge in [-0.15, -0.1) is 4.72 Å². The monoisotopic (exact) mass is 437 g/mol. The van der Waals surface area contributed by atoms with E-state index in [1.54, 1.807) is 7.05 Å². The highest BCUT2D eigenvalue weighted by atomic mass is 35.5. The number of nitrogens with one attached hydrogen (secondary N) is 5. The van der Waals surface area contributed by atoms with Crippen molar-refractivity contribution in [2.24, 2.45) is 10.7 Å². The summed E-state index contributed by atoms with van der Waals surface area (Å²) < 4.78 is 15.2. The molecule has 0 aromatic heterocycles. The number of nitrogens with two attached hydrogens (primary N) is 1. The molecule has 1 aromatic carbocycles. The highest BCUT2D eigenvalue weighted by Crippen LogP contribution is 2.24. The lowest BCUT2D eigenvalue weighted by atomic mass is 9.97. The molecule has 1 aliphatic rings. The lowest BCUT2D eigenvalue weighted by molar-refractivity contribution is 0.585. The van der Waals surface area contributed by atoms with Crippen LogP contribution < -0.4 is 26.4 Å². The second kappa shape index (κ2) is 10.5. The quantitative estimate of drug-likeness (QED) is 0.150. The number of hydrogen-bond donors (Lipinski definition) is 6. The molecule has 0 bridgehead atoms. The first-order chi connectivity index (χ1) is 13.7. The highest BCUT2D eigenvalue weighted by molar-refractivity contribution is 7.94. The maximum Gasteiger partial charge on any atom is 0.228 e. The molecule has 2 atom stereocenters. The van der Waals surface area contributed by atoms with Crippen molar-refractivity contribution in [2.45, 2.75) is 26.8 Å². The third-order valence-corrected chi connectivity index (χ3v) is 6.30. The summed E-state index contributed by atoms with van der Waals surface area (Å²) in [6.07, 6.45) is 1.97. The summed E-state index contributed by atoms with van der Waals surface area (Å²) in [6, 6.07) is 6.08. The second-order valence-corrected chi connectivity index (χ2v) is 8.18. The number of benzene rings is 1. The minimum absolute atomic E-state index is 0.0819. The number of rotatable bonds is 9. The van der Waals surface area contributed by atoms with Gasteiger partial charge in [-0.25, -0.2) is 0 Å². The molecule has 1 heterocycles. The van der Waals surface area contributed by atoms with E-state index in [2.05, 4.69) is 51.6 Å². The minimum Gasteiger partial charge on any atom is -0.593 e. The molecule has 10 heteroatoms. The van der Waals surface area contributed by atoms with Gasteiger partial charge in [0, 0.05) is 13.6 Å². The Labute approximate surface area is 179 Å². The topological polar surface area (TPSA) is 133 Å². The number of allylic oxidation sites excluding steroid dienone is 1. The molecular formula is C19H28ClN7OS. The van der Waals surface area contributed by atoms with Gasteiger partial charge in [-0.1, -0.05) is 29.8 Å². The largest absolute Gasteiger partial charge is 0.593 e. The lowest BCUT2D eigenvalue weighted by Crippen LogP contribution is -2.40. The third kappa shape index (κ3) is 6.14. The standard InChI is InChI=1S/C19H28ClN7OS/c1-11-6-5-7-14(12(11)2)15-10-16(27-19(22)26-15)24-8-9-25-29(28)17(13(3)21)18(20)23-4/h5-7,10,15,21,23-25H,8-9H2,1-4H3,(H3,22,26,27)/b18-17+,21-13?. The molecule has 2 unspecified atom stereocenters. The lowest BCUT2D eigenvalue weighted by Gasteiger charge is -2.24. The normalized spacial score (nSPS) is 18.1. The zero-order chi connectivity index (χ0) is 21.6. The molecule has 29 heavy (non-hydrogen) atoms. The van der Waals surface area contributed by atoms with Crippen LogP contribution in [0.3, 0.4) is 0 Å². The summed E-state index contributed by atoms with van der Waals surface area (Å²) in [5, 5.41) is 17.0. The van der Waals surface area contributed by atoms with Crippen LogP contribution in [0.25, 0.3) is 0 Å². The van der Waals surface area contributed by atoms with Crippen LogP contribution in [0.2, 0.25) is 0 Å². The van der Waals surface area contributed by atoms with E-state index in [4.69, 9.17) is 22.7 Å². The predicted molar refractivity (Wildman–Crippen MR) is 121 cm³/mol. The van der Waals surface area contributed by atoms with Gasteiger partial charge in [0.05, 0.1) is 29.7 Å². The van der Waals surface area contributed by atoms with E-state index in [0.29, 0.717) is 24.9 Å². The smallest absolute Gasteiger partial charge is 0.228 e. The van der Waals surface area contributed by atoms with Gasteiger partial charge in [-0.05, 0) is 43.5 Å². The fourth-order valence-corrected chi connectivity index (χ4v) is 4.17. The SMILES string of the molecule is CN/C(Cl)=C(\C(C)=N)[S+]([O-])NCCNC1=CC(c2cccc(C)c2C)NC(N)=N1. The van der Waals surface area contributed by atoms with Crippen molar-refractivity contribution in [2.75, 3.05) is 20.1 Å². The van der Waals surface area contributed by atoms with E-state index in [9.17, 15) is 4.55 Å². The van der Waals surface area contributed by atoms with Crippen LogP contribution in [0.15, 0.2) is 45.1 Å². The molecule has 0 saturated heterocycles. The fraction of sp³-hybridized carbons (Fsp3) is 0.368. The van der Waals surface area contributed by atoms with Crippen LogP contribution in [0.1, 0.15) is 29.7 Å². The average Bonchev–Trinajstić information content (AvgIpc) is 2.66. The number of nitrogens with zero attached hydrogens (tertiary/aromatic N) is 1. The fourth-order valence-electron chi connectivity index (χ4n) is 2.84. The Morgan fingerprint density at radius 2 is 2.10 bits per heavy atom. The zero-order valence-electron chi connectivity index (χ0n) is 17.0. The zero-order valence-corrected chi connectivity index (χ0v) is 18.6. The number of halogens is 1. The van der Waals surface area contributed by atoms with E-state index < -0.39 is 11.4 Å². The number of guanidine groups is 1. The second-order valence-electron chi connectivity index (χ2n) is 6.57. The van der Waals surface area contributed by atoms with E-state index in [1.165, 1.54) is 18.1 Å². The molecule has 2 rings (SSSR count). The Hall–Kier alpha value is -2.20. The molecule has 0 radical (unpaired) electrons. The first-order valence-electron chi connectivity index (χ1n) is 9.15. The van der Waals surface area contributed by atoms with Crippen molar-refractivity contribution >= 4 is 34.6 Å². The summed E-state index contributed by atoms with van der Waals surface area (Å²) in [4.78, 5) is 4.52. The van der Waals surface area contributed by atoms with Crippen LogP contribution >= 0.6 is 11.6 Å². The summed E-state index contributed by atoms with van der Waals surface area (Å²) >= 11 is 4.41. The first-order valence-corrected chi connectivity index (χ1v) is 10.7. The summed E-state index contributed by atoms with van der Waals surface area (Å²) in [5.74, 6) is 0.981. The van der Waals surface area contributed by atoms with E-state index in [-0.39, 0.29) is 21.8 Å². The van der Waals surface area contributed by atoms with Crippen LogP contribution in [0.4, 0.5) is 0 Å². The molecular weight excluding hydrogens is 410 g/mol. The average molecular weight is 438 g/mol. The summed E-state index contributed by atoms with van der Waals surface area (Å²) in [6.45, 7) is 6.55. The Morgan fingerprint density at radius 3 is 2.76 bits per heavy atom. The van der Waals surface area contributed by atoms with Crippen molar-refractivity contribution < 1.29 is 4.55 Å². The van der Waals surface area contributed by atoms with Crippen LogP contribution in [-0.2, 0) is 11.4 Å². The van der Waals surface area contributed by atoms with Crippen molar-refractivity contribution in [3.8, 4) is 0 Å². The number of aryl methyl sites for hydroxylation is 1. The molecule has 7 N–H and O–H groups in total.